The van der Waals surface area contributed by atoms with E-state index in [9.17, 15) is 4.79 Å². The van der Waals surface area contributed by atoms with Gasteiger partial charge in [-0.05, 0) is 80.9 Å². The van der Waals surface area contributed by atoms with Gasteiger partial charge in [-0.15, -0.1) is 5.10 Å². The first-order valence-corrected chi connectivity index (χ1v) is 15.0. The smallest absolute Gasteiger partial charge is 0.410 e. The maximum Gasteiger partial charge on any atom is 0.410 e. The van der Waals surface area contributed by atoms with Crippen molar-refractivity contribution < 1.29 is 23.7 Å². The Kier molecular flexibility index (Phi) is 8.46. The maximum absolute atomic E-state index is 12.7. The average molecular weight is 608 g/mol. The molecule has 6 rings (SSSR count). The Morgan fingerprint density at radius 1 is 0.933 bits per heavy atom. The molecule has 0 aliphatic carbocycles. The Morgan fingerprint density at radius 2 is 1.64 bits per heavy atom. The highest BCUT2D eigenvalue weighted by molar-refractivity contribution is 5.95. The van der Waals surface area contributed by atoms with Crippen LogP contribution in [0.25, 0.3) is 11.0 Å². The van der Waals surface area contributed by atoms with Crippen LogP contribution in [-0.4, -0.2) is 57.7 Å². The molecular weight excluding hydrogens is 570 g/mol. The summed E-state index contributed by atoms with van der Waals surface area (Å²) in [6, 6.07) is 27.2. The number of amides is 1. The van der Waals surface area contributed by atoms with Crippen LogP contribution in [0, 0.1) is 0 Å². The lowest BCUT2D eigenvalue weighted by atomic mass is 10.2. The third-order valence-electron chi connectivity index (χ3n) is 7.28. The van der Waals surface area contributed by atoms with Gasteiger partial charge in [-0.3, -0.25) is 0 Å². The monoisotopic (exact) mass is 607 g/mol. The van der Waals surface area contributed by atoms with Gasteiger partial charge in [0.15, 0.2) is 5.65 Å². The number of carbonyl (C=O) groups is 1. The van der Waals surface area contributed by atoms with Gasteiger partial charge in [0, 0.05) is 24.8 Å². The van der Waals surface area contributed by atoms with Crippen molar-refractivity contribution in [2.45, 2.75) is 45.4 Å². The second kappa shape index (κ2) is 12.8. The molecule has 1 aliphatic rings. The summed E-state index contributed by atoms with van der Waals surface area (Å²) in [5, 5.41) is 9.16. The van der Waals surface area contributed by atoms with Gasteiger partial charge in [0.25, 0.3) is 0 Å². The minimum Gasteiger partial charge on any atom is -0.497 e. The first-order valence-electron chi connectivity index (χ1n) is 15.0. The number of carbonyl (C=O) groups excluding carboxylic acids is 1. The topological polar surface area (TPSA) is 100.0 Å². The van der Waals surface area contributed by atoms with Crippen LogP contribution < -0.4 is 19.5 Å². The predicted molar refractivity (Wildman–Crippen MR) is 173 cm³/mol. The molecule has 45 heavy (non-hydrogen) atoms. The summed E-state index contributed by atoms with van der Waals surface area (Å²) in [4.78, 5) is 19.1. The zero-order valence-electron chi connectivity index (χ0n) is 25.9. The second-order valence-electron chi connectivity index (χ2n) is 11.9. The van der Waals surface area contributed by atoms with Crippen LogP contribution in [0.5, 0.6) is 23.1 Å². The Bertz CT molecular complexity index is 1750. The molecule has 2 aromatic heterocycles. The van der Waals surface area contributed by atoms with Crippen molar-refractivity contribution in [1.29, 1.82) is 0 Å². The van der Waals surface area contributed by atoms with Gasteiger partial charge >= 0.3 is 6.09 Å². The van der Waals surface area contributed by atoms with Crippen molar-refractivity contribution in [1.82, 2.24) is 19.7 Å². The van der Waals surface area contributed by atoms with Gasteiger partial charge in [0.1, 0.15) is 34.3 Å². The number of hydrogen-bond donors (Lipinski definition) is 1. The zero-order valence-corrected chi connectivity index (χ0v) is 25.9. The van der Waals surface area contributed by atoms with Crippen LogP contribution in [0.2, 0.25) is 0 Å². The second-order valence-corrected chi connectivity index (χ2v) is 11.9. The highest BCUT2D eigenvalue weighted by atomic mass is 16.6. The van der Waals surface area contributed by atoms with Gasteiger partial charge in [-0.25, -0.2) is 14.5 Å². The van der Waals surface area contributed by atoms with Crippen LogP contribution in [0.15, 0.2) is 91.1 Å². The minimum atomic E-state index is -0.565. The largest absolute Gasteiger partial charge is 0.497 e. The standard InChI is InChI=1S/C35H37N5O5/c1-35(2,3)45-34(41)39-21-19-29(23-39)44-33-31-30(37-25-12-16-28(17-13-25)43-27-8-6-5-7-9-27)18-20-36-32(31)40(38-33)22-24-10-14-26(42-4)15-11-24/h5-18,20,29H,19,21-23H2,1-4H3,(H,36,37)/t29-/m1/s1. The van der Waals surface area contributed by atoms with Crippen molar-refractivity contribution in [3.05, 3.63) is 96.7 Å². The quantitative estimate of drug-likeness (QED) is 0.185. The number of ether oxygens (including phenoxy) is 4. The van der Waals surface area contributed by atoms with Crippen molar-refractivity contribution in [3.63, 3.8) is 0 Å². The van der Waals surface area contributed by atoms with Crippen LogP contribution in [0.1, 0.15) is 32.8 Å². The number of nitrogens with one attached hydrogen (secondary N) is 1. The van der Waals surface area contributed by atoms with Crippen molar-refractivity contribution in [2.75, 3.05) is 25.5 Å². The Labute approximate surface area is 262 Å². The van der Waals surface area contributed by atoms with E-state index in [4.69, 9.17) is 29.0 Å². The van der Waals surface area contributed by atoms with E-state index in [-0.39, 0.29) is 12.2 Å². The Morgan fingerprint density at radius 3 is 2.36 bits per heavy atom. The summed E-state index contributed by atoms with van der Waals surface area (Å²) in [7, 11) is 1.65. The molecule has 0 saturated carbocycles. The lowest BCUT2D eigenvalue weighted by Crippen LogP contribution is -2.36. The first kappa shape index (κ1) is 29.8. The molecule has 3 aromatic carbocycles. The number of pyridine rings is 1. The zero-order chi connectivity index (χ0) is 31.4. The summed E-state index contributed by atoms with van der Waals surface area (Å²) in [6.45, 7) is 7.03. The normalized spacial score (nSPS) is 14.8. The SMILES string of the molecule is COc1ccc(Cn2nc(O[C@@H]3CCN(C(=O)OC(C)(C)C)C3)c3c(Nc4ccc(Oc5ccccc5)cc4)ccnc32)cc1. The van der Waals surface area contributed by atoms with E-state index >= 15 is 0 Å². The number of fused-ring (bicyclic) bond motifs is 1. The molecule has 1 amide bonds. The number of benzene rings is 3. The maximum atomic E-state index is 12.7. The predicted octanol–water partition coefficient (Wildman–Crippen LogP) is 7.41. The van der Waals surface area contributed by atoms with Gasteiger partial charge in [0.05, 0.1) is 25.9 Å². The van der Waals surface area contributed by atoms with Crippen LogP contribution in [-0.2, 0) is 11.3 Å². The first-order chi connectivity index (χ1) is 21.7. The number of hydrogen-bond acceptors (Lipinski definition) is 8. The van der Waals surface area contributed by atoms with E-state index in [2.05, 4.69) is 5.32 Å². The molecule has 1 atom stereocenters. The molecule has 0 unspecified atom stereocenters. The van der Waals surface area contributed by atoms with Crippen molar-refractivity contribution in [3.8, 4) is 23.1 Å². The molecule has 0 bridgehead atoms. The molecule has 3 heterocycles. The van der Waals surface area contributed by atoms with Gasteiger partial charge in [-0.1, -0.05) is 30.3 Å². The molecule has 1 saturated heterocycles. The lowest BCUT2D eigenvalue weighted by Gasteiger charge is -2.24. The summed E-state index contributed by atoms with van der Waals surface area (Å²) >= 11 is 0. The number of anilines is 2. The molecule has 10 heteroatoms. The molecular formula is C35H37N5O5. The Balaban J connectivity index is 1.27. The number of nitrogens with zero attached hydrogens (tertiary/aromatic N) is 4. The Hall–Kier alpha value is -5.25. The number of rotatable bonds is 9. The lowest BCUT2D eigenvalue weighted by molar-refractivity contribution is 0.0275. The molecule has 0 radical (unpaired) electrons. The molecule has 232 valence electrons. The number of aromatic nitrogens is 3. The van der Waals surface area contributed by atoms with E-state index < -0.39 is 5.60 Å². The highest BCUT2D eigenvalue weighted by Crippen LogP contribution is 2.35. The third kappa shape index (κ3) is 7.29. The fourth-order valence-electron chi connectivity index (χ4n) is 5.13. The summed E-state index contributed by atoms with van der Waals surface area (Å²) in [5.41, 5.74) is 2.82. The van der Waals surface area contributed by atoms with E-state index in [0.29, 0.717) is 37.6 Å². The van der Waals surface area contributed by atoms with Crippen molar-refractivity contribution in [2.24, 2.45) is 0 Å². The fraction of sp³-hybridized carbons (Fsp3) is 0.286. The van der Waals surface area contributed by atoms with Crippen LogP contribution in [0.3, 0.4) is 0 Å². The average Bonchev–Trinajstić information content (AvgIpc) is 3.64. The molecule has 10 nitrogen and oxygen atoms in total. The molecule has 1 N–H and O–H groups in total. The third-order valence-corrected chi connectivity index (χ3v) is 7.28. The van der Waals surface area contributed by atoms with Gasteiger partial charge in [0.2, 0.25) is 5.88 Å². The van der Waals surface area contributed by atoms with Crippen LogP contribution in [0.4, 0.5) is 16.2 Å². The molecule has 1 aliphatic heterocycles. The van der Waals surface area contributed by atoms with Gasteiger partial charge < -0.3 is 29.2 Å². The van der Waals surface area contributed by atoms with E-state index in [1.807, 2.05) is 110 Å². The summed E-state index contributed by atoms with van der Waals surface area (Å²) in [5.74, 6) is 2.75. The van der Waals surface area contributed by atoms with E-state index in [0.717, 1.165) is 39.6 Å². The molecule has 0 spiro atoms. The summed E-state index contributed by atoms with van der Waals surface area (Å²) in [6.07, 6.45) is 1.84. The van der Waals surface area contributed by atoms with Gasteiger partial charge in [-0.2, -0.15) is 0 Å². The van der Waals surface area contributed by atoms with E-state index in [1.165, 1.54) is 0 Å². The highest BCUT2D eigenvalue weighted by Gasteiger charge is 2.32. The molecule has 5 aromatic rings. The minimum absolute atomic E-state index is 0.243. The van der Waals surface area contributed by atoms with E-state index in [1.54, 1.807) is 18.2 Å². The number of para-hydroxylation sites is 1. The fourth-order valence-corrected chi connectivity index (χ4v) is 5.13. The number of likely N-dealkylation sites (tertiary alicyclic amines) is 1. The number of methoxy groups -OCH3 is 1. The van der Waals surface area contributed by atoms with Crippen LogP contribution >= 0.6 is 0 Å². The van der Waals surface area contributed by atoms with Crippen molar-refractivity contribution >= 4 is 28.5 Å². The molecule has 1 fully saturated rings. The summed E-state index contributed by atoms with van der Waals surface area (Å²) < 4.78 is 25.2.